The van der Waals surface area contributed by atoms with Crippen molar-refractivity contribution in [3.63, 3.8) is 0 Å². The predicted octanol–water partition coefficient (Wildman–Crippen LogP) is 12.6. The van der Waals surface area contributed by atoms with E-state index in [4.69, 9.17) is 0 Å². The Labute approximate surface area is 283 Å². The van der Waals surface area contributed by atoms with Crippen LogP contribution in [0, 0.1) is 11.3 Å². The average Bonchev–Trinajstić information content (AvgIpc) is 3.50. The van der Waals surface area contributed by atoms with E-state index in [-0.39, 0.29) is 0 Å². The first-order chi connectivity index (χ1) is 24.2. The van der Waals surface area contributed by atoms with Crippen LogP contribution in [0.25, 0.3) is 93.2 Å². The van der Waals surface area contributed by atoms with E-state index in [1.165, 1.54) is 60.1 Å². The molecule has 226 valence electrons. The normalized spacial score (nSPS) is 11.7. The number of aromatic nitrogens is 1. The van der Waals surface area contributed by atoms with Crippen molar-refractivity contribution in [3.05, 3.63) is 175 Å². The number of benzene rings is 9. The van der Waals surface area contributed by atoms with Gasteiger partial charge in [-0.05, 0) is 126 Å². The van der Waals surface area contributed by atoms with Crippen molar-refractivity contribution in [1.29, 1.82) is 5.26 Å². The summed E-state index contributed by atoms with van der Waals surface area (Å²) in [6, 6.07) is 63.4. The molecule has 0 spiro atoms. The van der Waals surface area contributed by atoms with Crippen molar-refractivity contribution in [3.8, 4) is 45.1 Å². The van der Waals surface area contributed by atoms with Crippen molar-refractivity contribution in [2.24, 2.45) is 0 Å². The molecule has 0 bridgehead atoms. The van der Waals surface area contributed by atoms with E-state index in [2.05, 4.69) is 162 Å². The van der Waals surface area contributed by atoms with Crippen LogP contribution in [0.4, 0.5) is 0 Å². The monoisotopic (exact) mass is 620 g/mol. The van der Waals surface area contributed by atoms with Gasteiger partial charge in [0.05, 0.1) is 22.7 Å². The van der Waals surface area contributed by atoms with Crippen LogP contribution >= 0.6 is 0 Å². The van der Waals surface area contributed by atoms with Crippen LogP contribution in [0.5, 0.6) is 0 Å². The van der Waals surface area contributed by atoms with Crippen LogP contribution in [-0.2, 0) is 0 Å². The molecule has 9 aromatic carbocycles. The molecule has 2 nitrogen and oxygen atoms in total. The molecule has 0 aliphatic carbocycles. The van der Waals surface area contributed by atoms with Crippen molar-refractivity contribution >= 4 is 54.1 Å². The minimum absolute atomic E-state index is 0.670. The number of hydrogen-bond acceptors (Lipinski definition) is 1. The Morgan fingerprint density at radius 1 is 0.367 bits per heavy atom. The highest BCUT2D eigenvalue weighted by Gasteiger charge is 2.15. The van der Waals surface area contributed by atoms with Crippen molar-refractivity contribution in [1.82, 2.24) is 4.57 Å². The van der Waals surface area contributed by atoms with Gasteiger partial charge in [0, 0.05) is 16.5 Å². The van der Waals surface area contributed by atoms with Gasteiger partial charge in [0.2, 0.25) is 0 Å². The third kappa shape index (κ3) is 4.34. The van der Waals surface area contributed by atoms with Gasteiger partial charge in [-0.3, -0.25) is 0 Å². The molecular formula is C47H28N2. The number of hydrogen-bond donors (Lipinski definition) is 0. The molecule has 0 aliphatic rings. The molecule has 0 fully saturated rings. The first kappa shape index (κ1) is 27.4. The molecule has 1 heterocycles. The molecule has 0 amide bonds. The topological polar surface area (TPSA) is 28.7 Å². The molecule has 0 saturated carbocycles. The summed E-state index contributed by atoms with van der Waals surface area (Å²) >= 11 is 0. The summed E-state index contributed by atoms with van der Waals surface area (Å²) in [6.07, 6.45) is 0. The van der Waals surface area contributed by atoms with Gasteiger partial charge in [-0.1, -0.05) is 109 Å². The molecule has 0 atom stereocenters. The van der Waals surface area contributed by atoms with Gasteiger partial charge in [0.15, 0.2) is 0 Å². The summed E-state index contributed by atoms with van der Waals surface area (Å²) < 4.78 is 2.30. The number of nitrogens with zero attached hydrogens (tertiary/aromatic N) is 2. The first-order valence-electron chi connectivity index (χ1n) is 16.6. The summed E-state index contributed by atoms with van der Waals surface area (Å²) in [5, 5.41) is 19.6. The Hall–Kier alpha value is -6.69. The van der Waals surface area contributed by atoms with E-state index in [0.29, 0.717) is 5.56 Å². The van der Waals surface area contributed by atoms with Gasteiger partial charge in [-0.2, -0.15) is 5.26 Å². The zero-order chi connectivity index (χ0) is 32.5. The zero-order valence-corrected chi connectivity index (χ0v) is 26.6. The minimum atomic E-state index is 0.670. The van der Waals surface area contributed by atoms with E-state index < -0.39 is 0 Å². The maximum absolute atomic E-state index is 9.60. The van der Waals surface area contributed by atoms with E-state index in [0.717, 1.165) is 33.1 Å². The maximum atomic E-state index is 9.60. The highest BCUT2D eigenvalue weighted by atomic mass is 15.0. The van der Waals surface area contributed by atoms with Crippen LogP contribution in [0.15, 0.2) is 170 Å². The molecule has 0 radical (unpaired) electrons. The second kappa shape index (κ2) is 10.7. The standard InChI is InChI=1S/C47H28N2/c48-29-30-11-22-44-43(23-30)42-21-20-34(28-45(42)49(44)41-9-5-2-6-10-41)32-12-14-33(15-13-32)40-26-37-18-16-35-24-39(31-7-3-1-4-8-31)25-36-17-19-38(27-40)47(37)46(35)36/h1-28H. The van der Waals surface area contributed by atoms with Crippen LogP contribution in [0.2, 0.25) is 0 Å². The predicted molar refractivity (Wildman–Crippen MR) is 206 cm³/mol. The second-order valence-electron chi connectivity index (χ2n) is 12.9. The second-order valence-corrected chi connectivity index (χ2v) is 12.9. The van der Waals surface area contributed by atoms with Crippen LogP contribution in [0.1, 0.15) is 5.56 Å². The SMILES string of the molecule is N#Cc1ccc2c(c1)c1ccc(-c3ccc(-c4cc5ccc6cc(-c7ccccc7)cc7ccc(c4)c5c67)cc3)cc1n2-c1ccccc1. The smallest absolute Gasteiger partial charge is 0.0991 e. The lowest BCUT2D eigenvalue weighted by Gasteiger charge is -2.15. The Kier molecular flexibility index (Phi) is 5.97. The summed E-state index contributed by atoms with van der Waals surface area (Å²) in [5.41, 5.74) is 11.2. The fourth-order valence-corrected chi connectivity index (χ4v) is 7.78. The number of fused-ring (bicyclic) bond motifs is 3. The Balaban J connectivity index is 1.05. The molecule has 1 aromatic heterocycles. The Morgan fingerprint density at radius 3 is 1.45 bits per heavy atom. The van der Waals surface area contributed by atoms with E-state index in [9.17, 15) is 5.26 Å². The summed E-state index contributed by atoms with van der Waals surface area (Å²) in [5.74, 6) is 0. The molecular weight excluding hydrogens is 593 g/mol. The van der Waals surface area contributed by atoms with Crippen LogP contribution in [-0.4, -0.2) is 4.57 Å². The quantitative estimate of drug-likeness (QED) is 0.180. The molecule has 0 saturated heterocycles. The molecule has 10 rings (SSSR count). The highest BCUT2D eigenvalue weighted by Crippen LogP contribution is 2.40. The fraction of sp³-hybridized carbons (Fsp3) is 0. The van der Waals surface area contributed by atoms with Crippen molar-refractivity contribution < 1.29 is 0 Å². The summed E-state index contributed by atoms with van der Waals surface area (Å²) in [7, 11) is 0. The van der Waals surface area contributed by atoms with Gasteiger partial charge in [0.1, 0.15) is 0 Å². The molecule has 0 unspecified atom stereocenters. The summed E-state index contributed by atoms with van der Waals surface area (Å²) in [4.78, 5) is 0. The van der Waals surface area contributed by atoms with Gasteiger partial charge < -0.3 is 4.57 Å². The van der Waals surface area contributed by atoms with Crippen molar-refractivity contribution in [2.75, 3.05) is 0 Å². The molecule has 49 heavy (non-hydrogen) atoms. The van der Waals surface area contributed by atoms with E-state index >= 15 is 0 Å². The maximum Gasteiger partial charge on any atom is 0.0991 e. The zero-order valence-electron chi connectivity index (χ0n) is 26.6. The average molecular weight is 621 g/mol. The van der Waals surface area contributed by atoms with Gasteiger partial charge >= 0.3 is 0 Å². The third-order valence-electron chi connectivity index (χ3n) is 10.1. The van der Waals surface area contributed by atoms with Gasteiger partial charge in [0.25, 0.3) is 0 Å². The molecule has 2 heteroatoms. The first-order valence-corrected chi connectivity index (χ1v) is 16.6. The Bertz CT molecular complexity index is 2840. The minimum Gasteiger partial charge on any atom is -0.309 e. The lowest BCUT2D eigenvalue weighted by atomic mass is 9.89. The van der Waals surface area contributed by atoms with Crippen LogP contribution in [0.3, 0.4) is 0 Å². The summed E-state index contributed by atoms with van der Waals surface area (Å²) in [6.45, 7) is 0. The number of rotatable bonds is 4. The number of nitriles is 1. The lowest BCUT2D eigenvalue weighted by Crippen LogP contribution is -1.93. The van der Waals surface area contributed by atoms with Crippen molar-refractivity contribution in [2.45, 2.75) is 0 Å². The third-order valence-corrected chi connectivity index (χ3v) is 10.1. The number of para-hydroxylation sites is 1. The molecule has 0 aliphatic heterocycles. The van der Waals surface area contributed by atoms with E-state index in [1.54, 1.807) is 0 Å². The van der Waals surface area contributed by atoms with Gasteiger partial charge in [-0.15, -0.1) is 0 Å². The van der Waals surface area contributed by atoms with Gasteiger partial charge in [-0.25, -0.2) is 0 Å². The van der Waals surface area contributed by atoms with Crippen LogP contribution < -0.4 is 0 Å². The molecule has 10 aromatic rings. The fourth-order valence-electron chi connectivity index (χ4n) is 7.78. The Morgan fingerprint density at radius 2 is 0.878 bits per heavy atom. The van der Waals surface area contributed by atoms with E-state index in [1.807, 2.05) is 18.2 Å². The lowest BCUT2D eigenvalue weighted by molar-refractivity contribution is 1.18. The highest BCUT2D eigenvalue weighted by molar-refractivity contribution is 6.24. The largest absolute Gasteiger partial charge is 0.309 e. The molecule has 0 N–H and O–H groups in total.